The summed E-state index contributed by atoms with van der Waals surface area (Å²) >= 11 is 0. The largest absolute Gasteiger partial charge is 0.489 e. The molecule has 0 spiro atoms. The van der Waals surface area contributed by atoms with E-state index in [-0.39, 0.29) is 11.7 Å². The molecule has 4 rings (SSSR count). The van der Waals surface area contributed by atoms with Crippen molar-refractivity contribution < 1.29 is 13.9 Å². The van der Waals surface area contributed by atoms with Gasteiger partial charge in [-0.3, -0.25) is 4.79 Å². The number of ether oxygens (including phenoxy) is 1. The van der Waals surface area contributed by atoms with E-state index in [1.807, 2.05) is 48.5 Å². The lowest BCUT2D eigenvalue weighted by Gasteiger charge is -2.06. The zero-order chi connectivity index (χ0) is 17.9. The van der Waals surface area contributed by atoms with Crippen LogP contribution in [0.3, 0.4) is 0 Å². The molecular formula is C22H17NO3. The molecule has 0 aliphatic rings. The molecule has 0 fully saturated rings. The molecule has 4 nitrogen and oxygen atoms in total. The molecule has 3 aromatic carbocycles. The number of carbonyl (C=O) groups is 1. The van der Waals surface area contributed by atoms with E-state index < -0.39 is 0 Å². The van der Waals surface area contributed by atoms with Crippen LogP contribution in [0.1, 0.15) is 10.6 Å². The van der Waals surface area contributed by atoms with Crippen LogP contribution in [0.2, 0.25) is 0 Å². The molecule has 0 atom stereocenters. The fraction of sp³-hybridized carbons (Fsp3) is 0.0455. The molecule has 0 bridgehead atoms. The third kappa shape index (κ3) is 3.05. The maximum absolute atomic E-state index is 12.6. The first-order valence-corrected chi connectivity index (χ1v) is 8.31. The Morgan fingerprint density at radius 1 is 1.04 bits per heavy atom. The van der Waals surface area contributed by atoms with Crippen molar-refractivity contribution in [2.24, 2.45) is 0 Å². The molecule has 128 valence electrons. The zero-order valence-corrected chi connectivity index (χ0v) is 14.1. The van der Waals surface area contributed by atoms with Crippen molar-refractivity contribution in [2.45, 2.75) is 0 Å². The Hall–Kier alpha value is -3.53. The minimum Gasteiger partial charge on any atom is -0.489 e. The van der Waals surface area contributed by atoms with Crippen LogP contribution in [0.15, 0.2) is 83.8 Å². The minimum absolute atomic E-state index is 0.272. The van der Waals surface area contributed by atoms with Crippen LogP contribution >= 0.6 is 0 Å². The standard InChI is InChI=1S/C22H17NO3/c1-2-12-25-17-8-5-7-16(13-17)23-22(24)21-14-19-18-9-4-3-6-15(18)10-11-20(19)26-21/h2-11,13-14H,1,12H2,(H,23,24). The zero-order valence-electron chi connectivity index (χ0n) is 14.1. The summed E-state index contributed by atoms with van der Waals surface area (Å²) in [5.74, 6) is 0.637. The average Bonchev–Trinajstić information content (AvgIpc) is 3.12. The molecule has 1 N–H and O–H groups in total. The van der Waals surface area contributed by atoms with E-state index in [1.54, 1.807) is 24.3 Å². The second-order valence-corrected chi connectivity index (χ2v) is 5.89. The normalized spacial score (nSPS) is 10.8. The fourth-order valence-electron chi connectivity index (χ4n) is 2.92. The molecular weight excluding hydrogens is 326 g/mol. The third-order valence-electron chi connectivity index (χ3n) is 4.11. The number of benzene rings is 3. The first-order valence-electron chi connectivity index (χ1n) is 8.31. The Bertz CT molecular complexity index is 1110. The Morgan fingerprint density at radius 3 is 2.81 bits per heavy atom. The van der Waals surface area contributed by atoms with Gasteiger partial charge in [-0.25, -0.2) is 0 Å². The molecule has 0 aliphatic carbocycles. The van der Waals surface area contributed by atoms with E-state index >= 15 is 0 Å². The number of carbonyl (C=O) groups excluding carboxylic acids is 1. The number of amides is 1. The van der Waals surface area contributed by atoms with Gasteiger partial charge in [0.15, 0.2) is 5.76 Å². The lowest BCUT2D eigenvalue weighted by Crippen LogP contribution is -2.10. The van der Waals surface area contributed by atoms with Gasteiger partial charge in [-0.2, -0.15) is 0 Å². The van der Waals surface area contributed by atoms with Crippen molar-refractivity contribution in [3.63, 3.8) is 0 Å². The van der Waals surface area contributed by atoms with Crippen molar-refractivity contribution in [2.75, 3.05) is 11.9 Å². The molecule has 26 heavy (non-hydrogen) atoms. The first kappa shape index (κ1) is 16.0. The van der Waals surface area contributed by atoms with Crippen molar-refractivity contribution in [3.8, 4) is 5.75 Å². The van der Waals surface area contributed by atoms with Gasteiger partial charge in [-0.15, -0.1) is 0 Å². The number of nitrogens with one attached hydrogen (secondary N) is 1. The predicted molar refractivity (Wildman–Crippen MR) is 104 cm³/mol. The van der Waals surface area contributed by atoms with E-state index in [2.05, 4.69) is 11.9 Å². The average molecular weight is 343 g/mol. The highest BCUT2D eigenvalue weighted by Gasteiger charge is 2.14. The number of rotatable bonds is 5. The highest BCUT2D eigenvalue weighted by molar-refractivity contribution is 6.10. The number of anilines is 1. The molecule has 0 radical (unpaired) electrons. The quantitative estimate of drug-likeness (QED) is 0.493. The Morgan fingerprint density at radius 2 is 1.92 bits per heavy atom. The maximum Gasteiger partial charge on any atom is 0.291 e. The van der Waals surface area contributed by atoms with Crippen LogP contribution in [-0.4, -0.2) is 12.5 Å². The van der Waals surface area contributed by atoms with Gasteiger partial charge in [-0.05, 0) is 35.0 Å². The van der Waals surface area contributed by atoms with Gasteiger partial charge in [0.25, 0.3) is 5.91 Å². The molecule has 0 aliphatic heterocycles. The van der Waals surface area contributed by atoms with E-state index in [9.17, 15) is 4.79 Å². The summed E-state index contributed by atoms with van der Waals surface area (Å²) in [6, 6.07) is 20.9. The van der Waals surface area contributed by atoms with Gasteiger partial charge in [0.2, 0.25) is 0 Å². The second kappa shape index (κ2) is 6.76. The third-order valence-corrected chi connectivity index (χ3v) is 4.11. The Balaban J connectivity index is 1.62. The van der Waals surface area contributed by atoms with Gasteiger partial charge >= 0.3 is 0 Å². The van der Waals surface area contributed by atoms with Crippen LogP contribution in [0.25, 0.3) is 21.7 Å². The maximum atomic E-state index is 12.6. The minimum atomic E-state index is -0.300. The van der Waals surface area contributed by atoms with E-state index in [4.69, 9.17) is 9.15 Å². The molecule has 4 heteroatoms. The van der Waals surface area contributed by atoms with E-state index in [0.29, 0.717) is 23.6 Å². The summed E-state index contributed by atoms with van der Waals surface area (Å²) in [5, 5.41) is 5.95. The molecule has 1 aromatic heterocycles. The van der Waals surface area contributed by atoms with Gasteiger partial charge in [0, 0.05) is 17.1 Å². The highest BCUT2D eigenvalue weighted by Crippen LogP contribution is 2.28. The summed E-state index contributed by atoms with van der Waals surface area (Å²) in [5.41, 5.74) is 1.33. The summed E-state index contributed by atoms with van der Waals surface area (Å²) in [4.78, 5) is 12.6. The van der Waals surface area contributed by atoms with Crippen LogP contribution < -0.4 is 10.1 Å². The van der Waals surface area contributed by atoms with Crippen LogP contribution in [0.5, 0.6) is 5.75 Å². The van der Waals surface area contributed by atoms with Gasteiger partial charge in [0.05, 0.1) is 0 Å². The van der Waals surface area contributed by atoms with Crippen LogP contribution in [-0.2, 0) is 0 Å². The monoisotopic (exact) mass is 343 g/mol. The number of hydrogen-bond donors (Lipinski definition) is 1. The fourth-order valence-corrected chi connectivity index (χ4v) is 2.92. The summed E-state index contributed by atoms with van der Waals surface area (Å²) in [6.45, 7) is 4.03. The smallest absolute Gasteiger partial charge is 0.291 e. The van der Waals surface area contributed by atoms with Crippen molar-refractivity contribution in [1.29, 1.82) is 0 Å². The van der Waals surface area contributed by atoms with Gasteiger partial charge in [-0.1, -0.05) is 49.1 Å². The van der Waals surface area contributed by atoms with Crippen molar-refractivity contribution >= 4 is 33.3 Å². The number of fused-ring (bicyclic) bond motifs is 3. The second-order valence-electron chi connectivity index (χ2n) is 5.89. The molecule has 1 heterocycles. The molecule has 0 saturated carbocycles. The Kier molecular flexibility index (Phi) is 4.15. The van der Waals surface area contributed by atoms with E-state index in [1.165, 1.54) is 0 Å². The molecule has 0 saturated heterocycles. The SMILES string of the molecule is C=CCOc1cccc(NC(=O)c2cc3c(ccc4ccccc43)o2)c1. The summed E-state index contributed by atoms with van der Waals surface area (Å²) in [6.07, 6.45) is 1.67. The number of hydrogen-bond acceptors (Lipinski definition) is 3. The first-order chi connectivity index (χ1) is 12.7. The molecule has 1 amide bonds. The van der Waals surface area contributed by atoms with Gasteiger partial charge in [0.1, 0.15) is 17.9 Å². The summed E-state index contributed by atoms with van der Waals surface area (Å²) < 4.78 is 11.2. The van der Waals surface area contributed by atoms with Crippen LogP contribution in [0.4, 0.5) is 5.69 Å². The lowest BCUT2D eigenvalue weighted by atomic mass is 10.1. The Labute approximate surface area is 150 Å². The summed E-state index contributed by atoms with van der Waals surface area (Å²) in [7, 11) is 0. The van der Waals surface area contributed by atoms with E-state index in [0.717, 1.165) is 16.2 Å². The van der Waals surface area contributed by atoms with Crippen molar-refractivity contribution in [1.82, 2.24) is 0 Å². The number of furan rings is 1. The topological polar surface area (TPSA) is 51.5 Å². The van der Waals surface area contributed by atoms with Gasteiger partial charge < -0.3 is 14.5 Å². The van der Waals surface area contributed by atoms with Crippen LogP contribution in [0, 0.1) is 0 Å². The molecule has 4 aromatic rings. The lowest BCUT2D eigenvalue weighted by molar-refractivity contribution is 0.0998. The molecule has 0 unspecified atom stereocenters. The highest BCUT2D eigenvalue weighted by atomic mass is 16.5. The predicted octanol–water partition coefficient (Wildman–Crippen LogP) is 5.40. The van der Waals surface area contributed by atoms with Crippen molar-refractivity contribution in [3.05, 3.63) is 85.1 Å².